The molecule has 9 heteroatoms. The predicted octanol–water partition coefficient (Wildman–Crippen LogP) is 3.36. The summed E-state index contributed by atoms with van der Waals surface area (Å²) in [6.45, 7) is 2.53. The molecule has 0 spiro atoms. The van der Waals surface area contributed by atoms with Gasteiger partial charge in [0.25, 0.3) is 0 Å². The Morgan fingerprint density at radius 2 is 1.24 bits per heavy atom. The number of Topliss-reactive ketones (excluding diaryl/α,β-unsaturated/α-hetero) is 1. The van der Waals surface area contributed by atoms with E-state index in [0.29, 0.717) is 0 Å². The minimum atomic E-state index is -2.66. The number of rotatable bonds is 8. The monoisotopic (exact) mass is 518 g/mol. The van der Waals surface area contributed by atoms with Crippen LogP contribution in [0.1, 0.15) is 44.9 Å². The minimum Gasteiger partial charge on any atom is -0.456 e. The molecule has 3 aromatic rings. The van der Waals surface area contributed by atoms with Crippen LogP contribution in [-0.2, 0) is 23.7 Å². The molecule has 1 heterocycles. The first-order valence-corrected chi connectivity index (χ1v) is 11.9. The number of benzene rings is 3. The van der Waals surface area contributed by atoms with Crippen molar-refractivity contribution in [1.29, 1.82) is 0 Å². The van der Waals surface area contributed by atoms with Crippen LogP contribution in [-0.4, -0.2) is 59.0 Å². The molecular formula is C29H26O9. The lowest BCUT2D eigenvalue weighted by Crippen LogP contribution is -2.58. The molecule has 1 N–H and O–H groups in total. The van der Waals surface area contributed by atoms with Gasteiger partial charge in [-0.05, 0) is 31.2 Å². The van der Waals surface area contributed by atoms with Gasteiger partial charge in [0.1, 0.15) is 12.2 Å². The molecule has 4 rings (SSSR count). The Balaban J connectivity index is 1.73. The highest BCUT2D eigenvalue weighted by Crippen LogP contribution is 2.39. The maximum absolute atomic E-state index is 13.7. The molecule has 0 bridgehead atoms. The summed E-state index contributed by atoms with van der Waals surface area (Å²) in [5, 5.41) is 11.9. The second-order valence-electron chi connectivity index (χ2n) is 8.73. The summed E-state index contributed by atoms with van der Waals surface area (Å²) < 4.78 is 22.2. The van der Waals surface area contributed by atoms with E-state index in [1.807, 2.05) is 0 Å². The van der Waals surface area contributed by atoms with Gasteiger partial charge in [-0.2, -0.15) is 0 Å². The molecule has 2 unspecified atom stereocenters. The molecule has 0 amide bonds. The van der Waals surface area contributed by atoms with Gasteiger partial charge in [0, 0.05) is 12.5 Å². The largest absolute Gasteiger partial charge is 0.456 e. The van der Waals surface area contributed by atoms with E-state index in [4.69, 9.17) is 18.9 Å². The number of ether oxygens (including phenoxy) is 4. The SMILES string of the molecule is CC(=O)OC1O[C@H](C(C)OC(=O)c2ccccc2)[C@@H](OC(=O)c2ccccc2)[C@]1(O)C(=O)c1ccccc1. The average molecular weight is 519 g/mol. The fraction of sp³-hybridized carbons (Fsp3) is 0.241. The fourth-order valence-electron chi connectivity index (χ4n) is 4.18. The van der Waals surface area contributed by atoms with E-state index >= 15 is 0 Å². The Morgan fingerprint density at radius 3 is 1.74 bits per heavy atom. The first-order valence-electron chi connectivity index (χ1n) is 11.9. The second kappa shape index (κ2) is 11.4. The van der Waals surface area contributed by atoms with Crippen LogP contribution in [0.3, 0.4) is 0 Å². The molecule has 1 saturated heterocycles. The predicted molar refractivity (Wildman–Crippen MR) is 133 cm³/mol. The van der Waals surface area contributed by atoms with Gasteiger partial charge in [0.2, 0.25) is 17.7 Å². The summed E-state index contributed by atoms with van der Waals surface area (Å²) in [4.78, 5) is 51.4. The van der Waals surface area contributed by atoms with Gasteiger partial charge in [-0.25, -0.2) is 9.59 Å². The molecule has 9 nitrogen and oxygen atoms in total. The van der Waals surface area contributed by atoms with Gasteiger partial charge in [0.05, 0.1) is 11.1 Å². The van der Waals surface area contributed by atoms with Gasteiger partial charge in [-0.1, -0.05) is 66.7 Å². The highest BCUT2D eigenvalue weighted by atomic mass is 16.7. The third-order valence-electron chi connectivity index (χ3n) is 6.05. The number of esters is 3. The summed E-state index contributed by atoms with van der Waals surface area (Å²) in [5.41, 5.74) is -2.20. The lowest BCUT2D eigenvalue weighted by Gasteiger charge is -2.32. The molecular weight excluding hydrogens is 492 g/mol. The minimum absolute atomic E-state index is 0.0612. The first-order chi connectivity index (χ1) is 18.2. The summed E-state index contributed by atoms with van der Waals surface area (Å²) >= 11 is 0. The Bertz CT molecular complexity index is 1290. The van der Waals surface area contributed by atoms with Crippen molar-refractivity contribution in [2.75, 3.05) is 0 Å². The maximum Gasteiger partial charge on any atom is 0.338 e. The lowest BCUT2D eigenvalue weighted by atomic mass is 9.85. The summed E-state index contributed by atoms with van der Waals surface area (Å²) in [7, 11) is 0. The van der Waals surface area contributed by atoms with Crippen LogP contribution in [0.25, 0.3) is 0 Å². The highest BCUT2D eigenvalue weighted by Gasteiger charge is 2.66. The molecule has 0 radical (unpaired) electrons. The van der Waals surface area contributed by atoms with Crippen LogP contribution in [0.5, 0.6) is 0 Å². The molecule has 1 fully saturated rings. The zero-order chi connectivity index (χ0) is 27.3. The van der Waals surface area contributed by atoms with Crippen molar-refractivity contribution in [3.8, 4) is 0 Å². The molecule has 38 heavy (non-hydrogen) atoms. The average Bonchev–Trinajstić information content (AvgIpc) is 3.21. The van der Waals surface area contributed by atoms with Crippen molar-refractivity contribution in [3.05, 3.63) is 108 Å². The topological polar surface area (TPSA) is 125 Å². The zero-order valence-corrected chi connectivity index (χ0v) is 20.7. The quantitative estimate of drug-likeness (QED) is 0.271. The van der Waals surface area contributed by atoms with Gasteiger partial charge in [-0.15, -0.1) is 0 Å². The van der Waals surface area contributed by atoms with Crippen LogP contribution < -0.4 is 0 Å². The summed E-state index contributed by atoms with van der Waals surface area (Å²) in [6.07, 6.45) is -6.10. The molecule has 3 aromatic carbocycles. The molecule has 5 atom stereocenters. The Labute approximate surface area is 218 Å². The second-order valence-corrected chi connectivity index (χ2v) is 8.73. The van der Waals surface area contributed by atoms with Gasteiger partial charge >= 0.3 is 17.9 Å². The van der Waals surface area contributed by atoms with E-state index in [1.165, 1.54) is 31.2 Å². The third-order valence-corrected chi connectivity index (χ3v) is 6.05. The number of hydrogen-bond donors (Lipinski definition) is 1. The standard InChI is InChI=1S/C29H26O9/c1-18(35-26(32)21-14-8-4-9-15-21)23-25(38-27(33)22-16-10-5-11-17-22)29(34,28(37-23)36-19(2)30)24(31)20-12-6-3-7-13-20/h3-18,23,25,28,34H,1-2H3/t18?,23-,25-,28?,29-/m1/s1. The van der Waals surface area contributed by atoms with Crippen LogP contribution >= 0.6 is 0 Å². The Hall–Kier alpha value is -4.34. The van der Waals surface area contributed by atoms with E-state index in [9.17, 15) is 24.3 Å². The summed E-state index contributed by atoms with van der Waals surface area (Å²) in [5.74, 6) is -3.33. The van der Waals surface area contributed by atoms with Crippen molar-refractivity contribution in [2.45, 2.75) is 44.1 Å². The van der Waals surface area contributed by atoms with Crippen molar-refractivity contribution in [2.24, 2.45) is 0 Å². The smallest absolute Gasteiger partial charge is 0.338 e. The van der Waals surface area contributed by atoms with Gasteiger partial charge < -0.3 is 24.1 Å². The Kier molecular flexibility index (Phi) is 7.99. The summed E-state index contributed by atoms with van der Waals surface area (Å²) in [6, 6.07) is 23.8. The van der Waals surface area contributed by atoms with Crippen LogP contribution in [0.4, 0.5) is 0 Å². The van der Waals surface area contributed by atoms with Crippen molar-refractivity contribution in [1.82, 2.24) is 0 Å². The number of ketones is 1. The van der Waals surface area contributed by atoms with Gasteiger partial charge in [-0.3, -0.25) is 9.59 Å². The Morgan fingerprint density at radius 1 is 0.763 bits per heavy atom. The first kappa shape index (κ1) is 26.7. The van der Waals surface area contributed by atoms with Crippen LogP contribution in [0.2, 0.25) is 0 Å². The van der Waals surface area contributed by atoms with Crippen molar-refractivity contribution in [3.63, 3.8) is 0 Å². The van der Waals surface area contributed by atoms with Crippen molar-refractivity contribution < 1.29 is 43.2 Å². The number of hydrogen-bond acceptors (Lipinski definition) is 9. The normalized spacial score (nSPS) is 23.2. The van der Waals surface area contributed by atoms with E-state index in [0.717, 1.165) is 6.92 Å². The van der Waals surface area contributed by atoms with Crippen LogP contribution in [0, 0.1) is 0 Å². The molecule has 1 aliphatic heterocycles. The third kappa shape index (κ3) is 5.49. The molecule has 1 aliphatic rings. The number of carbonyl (C=O) groups excluding carboxylic acids is 4. The van der Waals surface area contributed by atoms with Gasteiger partial charge in [0.15, 0.2) is 6.10 Å². The molecule has 196 valence electrons. The maximum atomic E-state index is 13.7. The van der Waals surface area contributed by atoms with E-state index in [2.05, 4.69) is 0 Å². The lowest BCUT2D eigenvalue weighted by molar-refractivity contribution is -0.201. The van der Waals surface area contributed by atoms with E-state index in [1.54, 1.807) is 66.7 Å². The number of aliphatic hydroxyl groups is 1. The van der Waals surface area contributed by atoms with Crippen LogP contribution in [0.15, 0.2) is 91.0 Å². The fourth-order valence-corrected chi connectivity index (χ4v) is 4.18. The van der Waals surface area contributed by atoms with E-state index in [-0.39, 0.29) is 16.7 Å². The highest BCUT2D eigenvalue weighted by molar-refractivity contribution is 6.04. The number of carbonyl (C=O) groups is 4. The van der Waals surface area contributed by atoms with E-state index < -0.39 is 53.9 Å². The molecule has 0 aromatic heterocycles. The zero-order valence-electron chi connectivity index (χ0n) is 20.7. The molecule has 0 aliphatic carbocycles. The molecule has 0 saturated carbocycles. The van der Waals surface area contributed by atoms with Crippen molar-refractivity contribution >= 4 is 23.7 Å².